The number of nitrogens with one attached hydrogen (secondary N) is 2. The Balaban J connectivity index is 1.57. The van der Waals surface area contributed by atoms with E-state index in [0.717, 1.165) is 11.4 Å². The van der Waals surface area contributed by atoms with Crippen LogP contribution in [0.5, 0.6) is 5.75 Å². The Bertz CT molecular complexity index is 1130. The number of aromatic nitrogens is 2. The second-order valence-electron chi connectivity index (χ2n) is 6.05. The zero-order valence-electron chi connectivity index (χ0n) is 16.0. The molecule has 1 aromatic heterocycles. The molecule has 4 N–H and O–H groups in total. The molecular formula is C18H19N5O4S3. The Kier molecular flexibility index (Phi) is 6.92. The van der Waals surface area contributed by atoms with Crippen LogP contribution in [0.15, 0.2) is 57.8 Å². The van der Waals surface area contributed by atoms with Crippen LogP contribution in [0.3, 0.4) is 0 Å². The van der Waals surface area contributed by atoms with Gasteiger partial charge in [0.25, 0.3) is 0 Å². The molecule has 3 rings (SSSR count). The minimum Gasteiger partial charge on any atom is -0.497 e. The number of amides is 1. The number of hydrogen-bond acceptors (Lipinski definition) is 9. The van der Waals surface area contributed by atoms with Crippen molar-refractivity contribution in [3.63, 3.8) is 0 Å². The van der Waals surface area contributed by atoms with Gasteiger partial charge in [0, 0.05) is 17.4 Å². The lowest BCUT2D eigenvalue weighted by Gasteiger charge is -2.10. The van der Waals surface area contributed by atoms with Gasteiger partial charge in [-0.25, -0.2) is 13.6 Å². The summed E-state index contributed by atoms with van der Waals surface area (Å²) >= 11 is 2.60. The van der Waals surface area contributed by atoms with E-state index in [9.17, 15) is 13.2 Å². The smallest absolute Gasteiger partial charge is 0.238 e. The zero-order chi connectivity index (χ0) is 21.7. The fourth-order valence-corrected chi connectivity index (χ4v) is 4.74. The summed E-state index contributed by atoms with van der Waals surface area (Å²) in [5.41, 5.74) is 1.29. The lowest BCUT2D eigenvalue weighted by molar-refractivity contribution is -0.115. The maximum Gasteiger partial charge on any atom is 0.238 e. The Morgan fingerprint density at radius 2 is 1.90 bits per heavy atom. The Morgan fingerprint density at radius 3 is 2.57 bits per heavy atom. The summed E-state index contributed by atoms with van der Waals surface area (Å²) in [6.07, 6.45) is 0. The molecule has 12 heteroatoms. The number of rotatable bonds is 8. The molecule has 0 radical (unpaired) electrons. The molecule has 2 aromatic carbocycles. The van der Waals surface area contributed by atoms with Gasteiger partial charge in [0.05, 0.1) is 17.3 Å². The number of nitrogens with zero attached hydrogens (tertiary/aromatic N) is 2. The first kappa shape index (κ1) is 22.0. The van der Waals surface area contributed by atoms with E-state index in [4.69, 9.17) is 9.88 Å². The Labute approximate surface area is 182 Å². The number of hydrogen-bond donors (Lipinski definition) is 3. The average molecular weight is 466 g/mol. The number of anilines is 3. The number of methoxy groups -OCH3 is 1. The van der Waals surface area contributed by atoms with Crippen LogP contribution in [0.4, 0.5) is 16.5 Å². The van der Waals surface area contributed by atoms with Crippen molar-refractivity contribution in [2.75, 3.05) is 17.7 Å². The van der Waals surface area contributed by atoms with Crippen molar-refractivity contribution in [1.29, 1.82) is 0 Å². The molecular weight excluding hydrogens is 446 g/mol. The minimum absolute atomic E-state index is 0.0205. The summed E-state index contributed by atoms with van der Waals surface area (Å²) in [7, 11) is -2.18. The van der Waals surface area contributed by atoms with Crippen molar-refractivity contribution in [1.82, 2.24) is 10.2 Å². The molecule has 0 saturated heterocycles. The van der Waals surface area contributed by atoms with Crippen molar-refractivity contribution in [2.24, 2.45) is 5.14 Å². The highest BCUT2D eigenvalue weighted by Crippen LogP contribution is 2.31. The van der Waals surface area contributed by atoms with E-state index in [0.29, 0.717) is 15.2 Å². The van der Waals surface area contributed by atoms with Gasteiger partial charge in [-0.1, -0.05) is 29.2 Å². The predicted molar refractivity (Wildman–Crippen MR) is 118 cm³/mol. The van der Waals surface area contributed by atoms with Crippen LogP contribution in [0.25, 0.3) is 0 Å². The maximum atomic E-state index is 12.4. The van der Waals surface area contributed by atoms with Crippen LogP contribution in [-0.4, -0.2) is 36.9 Å². The van der Waals surface area contributed by atoms with Gasteiger partial charge in [-0.15, -0.1) is 10.2 Å². The first-order valence-corrected chi connectivity index (χ1v) is 11.8. The van der Waals surface area contributed by atoms with Gasteiger partial charge in [0.1, 0.15) is 5.75 Å². The first-order valence-electron chi connectivity index (χ1n) is 8.59. The summed E-state index contributed by atoms with van der Waals surface area (Å²) in [6.45, 7) is 1.75. The van der Waals surface area contributed by atoms with Gasteiger partial charge in [-0.2, -0.15) is 0 Å². The van der Waals surface area contributed by atoms with E-state index in [1.54, 1.807) is 14.0 Å². The molecule has 158 valence electrons. The molecule has 0 unspecified atom stereocenters. The molecule has 0 bridgehead atoms. The second-order valence-corrected chi connectivity index (χ2v) is 10.2. The monoisotopic (exact) mass is 465 g/mol. The van der Waals surface area contributed by atoms with Crippen LogP contribution < -0.4 is 20.5 Å². The fourth-order valence-electron chi connectivity index (χ4n) is 2.31. The summed E-state index contributed by atoms with van der Waals surface area (Å²) in [5.74, 6) is 0.474. The van der Waals surface area contributed by atoms with E-state index >= 15 is 0 Å². The summed E-state index contributed by atoms with van der Waals surface area (Å²) in [5, 5.41) is 19.3. The van der Waals surface area contributed by atoms with Crippen molar-refractivity contribution >= 4 is 55.5 Å². The first-order chi connectivity index (χ1) is 14.2. The molecule has 0 saturated carbocycles. The van der Waals surface area contributed by atoms with Crippen molar-refractivity contribution in [3.8, 4) is 5.75 Å². The number of thioether (sulfide) groups is 1. The highest BCUT2D eigenvalue weighted by molar-refractivity contribution is 8.02. The van der Waals surface area contributed by atoms with E-state index in [1.807, 2.05) is 24.3 Å². The predicted octanol–water partition coefficient (Wildman–Crippen LogP) is 3.06. The number of carbonyl (C=O) groups is 1. The SMILES string of the molecule is COc1cccc(Nc2nnc(S[C@H](C)C(=O)Nc3ccc(S(N)(=O)=O)cc3)s2)c1. The van der Waals surface area contributed by atoms with Gasteiger partial charge in [-0.05, 0) is 43.3 Å². The van der Waals surface area contributed by atoms with Gasteiger partial charge in [0.2, 0.25) is 21.1 Å². The van der Waals surface area contributed by atoms with E-state index in [1.165, 1.54) is 47.4 Å². The normalized spacial score (nSPS) is 12.2. The molecule has 9 nitrogen and oxygen atoms in total. The van der Waals surface area contributed by atoms with Crippen LogP contribution >= 0.6 is 23.1 Å². The van der Waals surface area contributed by atoms with Crippen molar-refractivity contribution in [3.05, 3.63) is 48.5 Å². The van der Waals surface area contributed by atoms with Gasteiger partial charge in [-0.3, -0.25) is 4.79 Å². The third-order valence-electron chi connectivity index (χ3n) is 3.82. The fraction of sp³-hybridized carbons (Fsp3) is 0.167. The molecule has 0 aliphatic carbocycles. The molecule has 0 aliphatic heterocycles. The molecule has 1 heterocycles. The van der Waals surface area contributed by atoms with Gasteiger partial charge < -0.3 is 15.4 Å². The van der Waals surface area contributed by atoms with Crippen LogP contribution in [0.2, 0.25) is 0 Å². The van der Waals surface area contributed by atoms with E-state index in [-0.39, 0.29) is 10.8 Å². The van der Waals surface area contributed by atoms with E-state index in [2.05, 4.69) is 20.8 Å². The van der Waals surface area contributed by atoms with E-state index < -0.39 is 15.3 Å². The highest BCUT2D eigenvalue weighted by Gasteiger charge is 2.18. The third kappa shape index (κ3) is 5.92. The molecule has 0 fully saturated rings. The number of sulfonamides is 1. The Hall–Kier alpha value is -2.67. The molecule has 30 heavy (non-hydrogen) atoms. The van der Waals surface area contributed by atoms with Gasteiger partial charge in [0.15, 0.2) is 4.34 Å². The minimum atomic E-state index is -3.77. The Morgan fingerprint density at radius 1 is 1.17 bits per heavy atom. The molecule has 0 spiro atoms. The molecule has 3 aromatic rings. The second kappa shape index (κ2) is 9.43. The van der Waals surface area contributed by atoms with Crippen LogP contribution in [-0.2, 0) is 14.8 Å². The highest BCUT2D eigenvalue weighted by atomic mass is 32.2. The topological polar surface area (TPSA) is 136 Å². The number of benzene rings is 2. The summed E-state index contributed by atoms with van der Waals surface area (Å²) < 4.78 is 28.4. The third-order valence-corrected chi connectivity index (χ3v) is 6.78. The maximum absolute atomic E-state index is 12.4. The summed E-state index contributed by atoms with van der Waals surface area (Å²) in [6, 6.07) is 13.1. The van der Waals surface area contributed by atoms with Crippen molar-refractivity contribution in [2.45, 2.75) is 21.4 Å². The quantitative estimate of drug-likeness (QED) is 0.432. The lowest BCUT2D eigenvalue weighted by atomic mass is 10.3. The molecule has 1 amide bonds. The van der Waals surface area contributed by atoms with Crippen LogP contribution in [0, 0.1) is 0 Å². The van der Waals surface area contributed by atoms with Crippen LogP contribution in [0.1, 0.15) is 6.92 Å². The number of nitrogens with two attached hydrogens (primary N) is 1. The molecule has 1 atom stereocenters. The van der Waals surface area contributed by atoms with Crippen molar-refractivity contribution < 1.29 is 17.9 Å². The number of primary sulfonamides is 1. The lowest BCUT2D eigenvalue weighted by Crippen LogP contribution is -2.22. The number of ether oxygens (including phenoxy) is 1. The molecule has 0 aliphatic rings. The summed E-state index contributed by atoms with van der Waals surface area (Å²) in [4.78, 5) is 12.4. The zero-order valence-corrected chi connectivity index (χ0v) is 18.5. The largest absolute Gasteiger partial charge is 0.497 e. The average Bonchev–Trinajstić information content (AvgIpc) is 3.14. The number of carbonyl (C=O) groups excluding carboxylic acids is 1. The standard InChI is InChI=1S/C18H19N5O4S3/c1-11(16(24)20-12-6-8-15(9-7-12)30(19,25)26)28-18-23-22-17(29-18)21-13-4-3-5-14(10-13)27-2/h3-11H,1-2H3,(H,20,24)(H,21,22)(H2,19,25,26)/t11-/m1/s1. The van der Waals surface area contributed by atoms with Gasteiger partial charge >= 0.3 is 0 Å².